The van der Waals surface area contributed by atoms with Gasteiger partial charge in [0.2, 0.25) is 5.75 Å². The van der Waals surface area contributed by atoms with Crippen molar-refractivity contribution in [2.24, 2.45) is 5.10 Å². The van der Waals surface area contributed by atoms with Crippen LogP contribution in [-0.4, -0.2) is 28.5 Å². The Morgan fingerprint density at radius 2 is 2.12 bits per heavy atom. The van der Waals surface area contributed by atoms with Crippen LogP contribution in [0.5, 0.6) is 11.5 Å². The molecule has 0 unspecified atom stereocenters. The highest BCUT2D eigenvalue weighted by molar-refractivity contribution is 7.80. The predicted molar refractivity (Wildman–Crippen MR) is 103 cm³/mol. The van der Waals surface area contributed by atoms with E-state index in [9.17, 15) is 15.2 Å². The van der Waals surface area contributed by atoms with E-state index in [4.69, 9.17) is 28.6 Å². The smallest absolute Gasteiger partial charge is 0.312 e. The number of aromatic hydroxyl groups is 1. The van der Waals surface area contributed by atoms with Gasteiger partial charge in [0.05, 0.1) is 18.2 Å². The van der Waals surface area contributed by atoms with Gasteiger partial charge >= 0.3 is 5.69 Å². The maximum atomic E-state index is 10.9. The lowest BCUT2D eigenvalue weighted by molar-refractivity contribution is -0.385. The van der Waals surface area contributed by atoms with E-state index in [0.29, 0.717) is 6.54 Å². The molecule has 0 bridgehead atoms. The summed E-state index contributed by atoms with van der Waals surface area (Å²) < 4.78 is 5.08. The Morgan fingerprint density at radius 1 is 1.42 bits per heavy atom. The van der Waals surface area contributed by atoms with E-state index < -0.39 is 16.4 Å². The summed E-state index contributed by atoms with van der Waals surface area (Å²) >= 11 is 10.9. The maximum absolute atomic E-state index is 10.9. The van der Waals surface area contributed by atoms with Crippen molar-refractivity contribution in [1.82, 2.24) is 10.7 Å². The van der Waals surface area contributed by atoms with Gasteiger partial charge in [-0.3, -0.25) is 15.5 Å². The van der Waals surface area contributed by atoms with Gasteiger partial charge in [-0.25, -0.2) is 0 Å². The van der Waals surface area contributed by atoms with E-state index in [1.807, 2.05) is 24.3 Å². The second-order valence-corrected chi connectivity index (χ2v) is 5.87. The predicted octanol–water partition coefficient (Wildman–Crippen LogP) is 2.96. The zero-order valence-electron chi connectivity index (χ0n) is 13.6. The molecule has 0 fully saturated rings. The van der Waals surface area contributed by atoms with Crippen molar-refractivity contribution < 1.29 is 14.8 Å². The number of hydrogen-bond acceptors (Lipinski definition) is 6. The van der Waals surface area contributed by atoms with Crippen LogP contribution in [0.3, 0.4) is 0 Å². The number of nitrogens with zero attached hydrogens (tertiary/aromatic N) is 2. The monoisotopic (exact) mass is 394 g/mol. The largest absolute Gasteiger partial charge is 0.502 e. The van der Waals surface area contributed by atoms with Crippen molar-refractivity contribution in [3.63, 3.8) is 0 Å². The summed E-state index contributed by atoms with van der Waals surface area (Å²) in [5.74, 6) is 0.233. The number of halogens is 1. The van der Waals surface area contributed by atoms with E-state index in [-0.39, 0.29) is 15.7 Å². The molecule has 2 rings (SSSR count). The van der Waals surface area contributed by atoms with Gasteiger partial charge in [0.15, 0.2) is 5.11 Å². The third kappa shape index (κ3) is 5.30. The van der Waals surface area contributed by atoms with Crippen molar-refractivity contribution in [1.29, 1.82) is 0 Å². The molecule has 0 aliphatic carbocycles. The van der Waals surface area contributed by atoms with Crippen LogP contribution in [0.15, 0.2) is 41.5 Å². The molecular formula is C16H15ClN4O4S. The average Bonchev–Trinajstić information content (AvgIpc) is 2.62. The van der Waals surface area contributed by atoms with Crippen LogP contribution in [0.1, 0.15) is 11.1 Å². The molecule has 136 valence electrons. The summed E-state index contributed by atoms with van der Waals surface area (Å²) in [7, 11) is 1.59. The molecule has 2 aromatic rings. The third-order valence-electron chi connectivity index (χ3n) is 3.26. The normalized spacial score (nSPS) is 10.5. The number of nitro benzene ring substituents is 1. The first kappa shape index (κ1) is 19.4. The summed E-state index contributed by atoms with van der Waals surface area (Å²) in [4.78, 5) is 10.1. The molecule has 0 saturated carbocycles. The van der Waals surface area contributed by atoms with Crippen molar-refractivity contribution >= 4 is 40.8 Å². The Labute approximate surface area is 159 Å². The quantitative estimate of drug-likeness (QED) is 0.299. The van der Waals surface area contributed by atoms with Gasteiger partial charge in [-0.15, -0.1) is 0 Å². The summed E-state index contributed by atoms with van der Waals surface area (Å²) in [5, 5.41) is 27.9. The molecule has 10 heteroatoms. The van der Waals surface area contributed by atoms with Gasteiger partial charge in [0, 0.05) is 23.2 Å². The van der Waals surface area contributed by atoms with Gasteiger partial charge in [0.25, 0.3) is 0 Å². The molecule has 0 spiro atoms. The van der Waals surface area contributed by atoms with E-state index in [0.717, 1.165) is 17.4 Å². The Bertz CT molecular complexity index is 843. The number of methoxy groups -OCH3 is 1. The molecule has 3 N–H and O–H groups in total. The first-order chi connectivity index (χ1) is 12.4. The molecule has 0 saturated heterocycles. The van der Waals surface area contributed by atoms with Crippen LogP contribution in [0.4, 0.5) is 5.69 Å². The van der Waals surface area contributed by atoms with E-state index in [2.05, 4.69) is 15.8 Å². The molecular weight excluding hydrogens is 380 g/mol. The lowest BCUT2D eigenvalue weighted by Crippen LogP contribution is -2.31. The second-order valence-electron chi connectivity index (χ2n) is 5.02. The fourth-order valence-corrected chi connectivity index (χ4v) is 2.31. The van der Waals surface area contributed by atoms with Crippen LogP contribution in [0.25, 0.3) is 0 Å². The summed E-state index contributed by atoms with van der Waals surface area (Å²) in [6, 6.07) is 9.86. The van der Waals surface area contributed by atoms with E-state index >= 15 is 0 Å². The van der Waals surface area contributed by atoms with Gasteiger partial charge in [0.1, 0.15) is 5.75 Å². The Kier molecular flexibility index (Phi) is 6.70. The number of hydrogen-bond donors (Lipinski definition) is 3. The van der Waals surface area contributed by atoms with Crippen molar-refractivity contribution in [2.45, 2.75) is 6.54 Å². The number of nitro groups is 1. The van der Waals surface area contributed by atoms with E-state index in [1.165, 1.54) is 12.3 Å². The highest BCUT2D eigenvalue weighted by Gasteiger charge is 2.17. The number of phenolic OH excluding ortho intramolecular Hbond substituents is 1. The minimum absolute atomic E-state index is 0.0923. The summed E-state index contributed by atoms with van der Waals surface area (Å²) in [6.07, 6.45) is 1.19. The molecule has 8 nitrogen and oxygen atoms in total. The molecule has 0 atom stereocenters. The molecule has 0 radical (unpaired) electrons. The number of ether oxygens (including phenoxy) is 1. The number of hydrazone groups is 1. The lowest BCUT2D eigenvalue weighted by atomic mass is 10.2. The molecule has 0 heterocycles. The third-order valence-corrected chi connectivity index (χ3v) is 3.72. The first-order valence-electron chi connectivity index (χ1n) is 7.27. The maximum Gasteiger partial charge on any atom is 0.312 e. The zero-order chi connectivity index (χ0) is 19.1. The van der Waals surface area contributed by atoms with Crippen molar-refractivity contribution in [3.05, 3.63) is 62.7 Å². The van der Waals surface area contributed by atoms with Crippen LogP contribution in [0, 0.1) is 10.1 Å². The Hall–Kier alpha value is -2.91. The SMILES string of the molecule is COc1ccc(CNC(=S)N/N=C\c2cc(Cl)cc([N+](=O)[O-])c2O)cc1. The Morgan fingerprint density at radius 3 is 2.73 bits per heavy atom. The minimum atomic E-state index is -0.729. The minimum Gasteiger partial charge on any atom is -0.502 e. The zero-order valence-corrected chi connectivity index (χ0v) is 15.2. The highest BCUT2D eigenvalue weighted by atomic mass is 35.5. The number of nitrogens with one attached hydrogen (secondary N) is 2. The van der Waals surface area contributed by atoms with Crippen molar-refractivity contribution in [3.8, 4) is 11.5 Å². The van der Waals surface area contributed by atoms with Crippen LogP contribution in [-0.2, 0) is 6.54 Å². The molecule has 26 heavy (non-hydrogen) atoms. The summed E-state index contributed by atoms with van der Waals surface area (Å²) in [5.41, 5.74) is 3.14. The number of rotatable bonds is 6. The van der Waals surface area contributed by atoms with Crippen molar-refractivity contribution in [2.75, 3.05) is 7.11 Å². The topological polar surface area (TPSA) is 109 Å². The second kappa shape index (κ2) is 8.97. The van der Waals surface area contributed by atoms with Crippen LogP contribution in [0.2, 0.25) is 5.02 Å². The van der Waals surface area contributed by atoms with Gasteiger partial charge < -0.3 is 15.2 Å². The van der Waals surface area contributed by atoms with Gasteiger partial charge in [-0.1, -0.05) is 23.7 Å². The number of thiocarbonyl (C=S) groups is 1. The average molecular weight is 395 g/mol. The summed E-state index contributed by atoms with van der Waals surface area (Å²) in [6.45, 7) is 0.471. The lowest BCUT2D eigenvalue weighted by Gasteiger charge is -2.08. The first-order valence-corrected chi connectivity index (χ1v) is 8.06. The fourth-order valence-electron chi connectivity index (χ4n) is 1.97. The molecule has 0 amide bonds. The van der Waals surface area contributed by atoms with Crippen LogP contribution < -0.4 is 15.5 Å². The van der Waals surface area contributed by atoms with Gasteiger partial charge in [-0.05, 0) is 36.0 Å². The number of benzene rings is 2. The molecule has 0 aliphatic rings. The molecule has 0 aliphatic heterocycles. The van der Waals surface area contributed by atoms with E-state index in [1.54, 1.807) is 7.11 Å². The Balaban J connectivity index is 1.93. The van der Waals surface area contributed by atoms with Crippen LogP contribution >= 0.6 is 23.8 Å². The fraction of sp³-hybridized carbons (Fsp3) is 0.125. The van der Waals surface area contributed by atoms with Gasteiger partial charge in [-0.2, -0.15) is 5.10 Å². The standard InChI is InChI=1S/C16H15ClN4O4S/c1-25-13-4-2-10(3-5-13)8-18-16(26)20-19-9-11-6-12(17)7-14(15(11)22)21(23)24/h2-7,9,22H,8H2,1H3,(H2,18,20,26)/b19-9-. The highest BCUT2D eigenvalue weighted by Crippen LogP contribution is 2.32. The molecule has 2 aromatic carbocycles. The molecule has 0 aromatic heterocycles. The number of phenols is 1.